The molecule has 31 heavy (non-hydrogen) atoms. The SMILES string of the molecule is CC(C)C(=O)Nc1cccc(C2CCN(CCCC3=CNC4CC=C(O)C=C34)CC2)c1. The number of amides is 1. The van der Waals surface area contributed by atoms with Gasteiger partial charge in [-0.1, -0.05) is 26.0 Å². The molecule has 0 saturated carbocycles. The monoisotopic (exact) mass is 421 g/mol. The molecular weight excluding hydrogens is 386 g/mol. The predicted octanol–water partition coefficient (Wildman–Crippen LogP) is 4.87. The molecule has 2 aliphatic heterocycles. The molecule has 5 heteroatoms. The van der Waals surface area contributed by atoms with Crippen LogP contribution >= 0.6 is 0 Å². The summed E-state index contributed by atoms with van der Waals surface area (Å²) in [6.07, 6.45) is 11.3. The molecule has 0 radical (unpaired) electrons. The average Bonchev–Trinajstić information content (AvgIpc) is 3.16. The molecule has 3 N–H and O–H groups in total. The highest BCUT2D eigenvalue weighted by Crippen LogP contribution is 2.32. The van der Waals surface area contributed by atoms with Crippen LogP contribution in [0.15, 0.2) is 59.5 Å². The van der Waals surface area contributed by atoms with Gasteiger partial charge in [0, 0.05) is 17.8 Å². The zero-order valence-electron chi connectivity index (χ0n) is 18.7. The fourth-order valence-electron chi connectivity index (χ4n) is 4.80. The molecule has 5 nitrogen and oxygen atoms in total. The number of fused-ring (bicyclic) bond motifs is 1. The van der Waals surface area contributed by atoms with Gasteiger partial charge in [0.1, 0.15) is 5.76 Å². The topological polar surface area (TPSA) is 64.6 Å². The number of hydrogen-bond donors (Lipinski definition) is 3. The van der Waals surface area contributed by atoms with Crippen molar-refractivity contribution in [3.8, 4) is 0 Å². The van der Waals surface area contributed by atoms with Crippen LogP contribution in [0.1, 0.15) is 57.4 Å². The van der Waals surface area contributed by atoms with Gasteiger partial charge in [0.05, 0.1) is 6.04 Å². The van der Waals surface area contributed by atoms with Crippen LogP contribution in [0.2, 0.25) is 0 Å². The van der Waals surface area contributed by atoms with Crippen molar-refractivity contribution in [2.45, 2.75) is 57.9 Å². The summed E-state index contributed by atoms with van der Waals surface area (Å²) in [5.74, 6) is 1.03. The van der Waals surface area contributed by atoms with Gasteiger partial charge in [-0.05, 0) is 98.7 Å². The third kappa shape index (κ3) is 5.40. The summed E-state index contributed by atoms with van der Waals surface area (Å²) in [6, 6.07) is 8.73. The van der Waals surface area contributed by atoms with Crippen LogP contribution < -0.4 is 10.6 Å². The van der Waals surface area contributed by atoms with Gasteiger partial charge in [0.25, 0.3) is 0 Å². The van der Waals surface area contributed by atoms with Crippen molar-refractivity contribution in [2.24, 2.45) is 5.92 Å². The molecule has 3 aliphatic rings. The number of piperidine rings is 1. The molecule has 1 aromatic rings. The highest BCUT2D eigenvalue weighted by Gasteiger charge is 2.25. The molecule has 1 fully saturated rings. The van der Waals surface area contributed by atoms with Crippen LogP contribution in [0.4, 0.5) is 5.69 Å². The Labute approximate surface area is 185 Å². The first-order chi connectivity index (χ1) is 15.0. The molecule has 0 spiro atoms. The van der Waals surface area contributed by atoms with E-state index in [2.05, 4.69) is 39.9 Å². The maximum atomic E-state index is 12.0. The zero-order valence-corrected chi connectivity index (χ0v) is 18.7. The number of nitrogens with one attached hydrogen (secondary N) is 2. The van der Waals surface area contributed by atoms with Crippen LogP contribution in [0.3, 0.4) is 0 Å². The fourth-order valence-corrected chi connectivity index (χ4v) is 4.80. The van der Waals surface area contributed by atoms with E-state index in [-0.39, 0.29) is 11.8 Å². The van der Waals surface area contributed by atoms with Gasteiger partial charge in [-0.15, -0.1) is 0 Å². The van der Waals surface area contributed by atoms with E-state index in [1.165, 1.54) is 16.7 Å². The van der Waals surface area contributed by atoms with Crippen molar-refractivity contribution in [3.05, 3.63) is 65.1 Å². The Kier molecular flexibility index (Phi) is 6.81. The summed E-state index contributed by atoms with van der Waals surface area (Å²) < 4.78 is 0. The van der Waals surface area contributed by atoms with Gasteiger partial charge < -0.3 is 20.6 Å². The smallest absolute Gasteiger partial charge is 0.226 e. The van der Waals surface area contributed by atoms with Crippen LogP contribution in [0, 0.1) is 5.92 Å². The molecule has 0 aromatic heterocycles. The lowest BCUT2D eigenvalue weighted by Crippen LogP contribution is -2.33. The highest BCUT2D eigenvalue weighted by molar-refractivity contribution is 5.92. The second-order valence-electron chi connectivity index (χ2n) is 9.34. The fraction of sp³-hybridized carbons (Fsp3) is 0.500. The normalized spacial score (nSPS) is 21.8. The van der Waals surface area contributed by atoms with Crippen molar-refractivity contribution in [1.82, 2.24) is 10.2 Å². The number of aliphatic hydroxyl groups is 1. The first-order valence-electron chi connectivity index (χ1n) is 11.7. The number of allylic oxidation sites excluding steroid dienone is 1. The summed E-state index contributed by atoms with van der Waals surface area (Å²) in [5, 5.41) is 16.3. The average molecular weight is 422 g/mol. The summed E-state index contributed by atoms with van der Waals surface area (Å²) in [4.78, 5) is 14.6. The Hall–Kier alpha value is -2.53. The van der Waals surface area contributed by atoms with E-state index in [1.54, 1.807) is 0 Å². The van der Waals surface area contributed by atoms with Gasteiger partial charge in [0.15, 0.2) is 0 Å². The molecule has 2 heterocycles. The van der Waals surface area contributed by atoms with Crippen molar-refractivity contribution in [2.75, 3.05) is 25.0 Å². The minimum absolute atomic E-state index is 0.00915. The molecule has 1 atom stereocenters. The quantitative estimate of drug-likeness (QED) is 0.588. The van der Waals surface area contributed by atoms with E-state index < -0.39 is 0 Å². The van der Waals surface area contributed by atoms with Crippen LogP contribution in [0.25, 0.3) is 0 Å². The largest absolute Gasteiger partial charge is 0.508 e. The Morgan fingerprint density at radius 2 is 2.10 bits per heavy atom. The number of nitrogens with zero attached hydrogens (tertiary/aromatic N) is 1. The van der Waals surface area contributed by atoms with Crippen molar-refractivity contribution in [3.63, 3.8) is 0 Å². The van der Waals surface area contributed by atoms with E-state index in [4.69, 9.17) is 0 Å². The number of rotatable bonds is 7. The van der Waals surface area contributed by atoms with E-state index in [9.17, 15) is 9.90 Å². The summed E-state index contributed by atoms with van der Waals surface area (Å²) >= 11 is 0. The van der Waals surface area contributed by atoms with Gasteiger partial charge >= 0.3 is 0 Å². The number of hydrogen-bond acceptors (Lipinski definition) is 4. The lowest BCUT2D eigenvalue weighted by atomic mass is 9.89. The Bertz CT molecular complexity index is 892. The van der Waals surface area contributed by atoms with E-state index in [0.717, 1.165) is 57.4 Å². The highest BCUT2D eigenvalue weighted by atomic mass is 16.3. The number of anilines is 1. The van der Waals surface area contributed by atoms with Crippen LogP contribution in [-0.2, 0) is 4.79 Å². The molecule has 1 amide bonds. The Morgan fingerprint density at radius 1 is 1.29 bits per heavy atom. The van der Waals surface area contributed by atoms with E-state index >= 15 is 0 Å². The number of carbonyl (C=O) groups excluding carboxylic acids is 1. The summed E-state index contributed by atoms with van der Waals surface area (Å²) in [7, 11) is 0. The van der Waals surface area contributed by atoms with Gasteiger partial charge in [-0.2, -0.15) is 0 Å². The van der Waals surface area contributed by atoms with Gasteiger partial charge in [-0.25, -0.2) is 0 Å². The maximum Gasteiger partial charge on any atom is 0.226 e. The molecule has 166 valence electrons. The van der Waals surface area contributed by atoms with E-state index in [1.807, 2.05) is 32.1 Å². The molecular formula is C26H35N3O2. The molecule has 0 bridgehead atoms. The third-order valence-electron chi connectivity index (χ3n) is 6.73. The molecule has 1 saturated heterocycles. The molecule has 1 aliphatic carbocycles. The lowest BCUT2D eigenvalue weighted by molar-refractivity contribution is -0.118. The minimum Gasteiger partial charge on any atom is -0.508 e. The Morgan fingerprint density at radius 3 is 2.87 bits per heavy atom. The van der Waals surface area contributed by atoms with Gasteiger partial charge in [-0.3, -0.25) is 4.79 Å². The molecule has 1 unspecified atom stereocenters. The van der Waals surface area contributed by atoms with Crippen molar-refractivity contribution < 1.29 is 9.90 Å². The molecule has 4 rings (SSSR count). The number of benzene rings is 1. The predicted molar refractivity (Wildman–Crippen MR) is 126 cm³/mol. The molecule has 1 aromatic carbocycles. The number of likely N-dealkylation sites (tertiary alicyclic amines) is 1. The first kappa shape index (κ1) is 21.7. The number of aliphatic hydroxyl groups excluding tert-OH is 1. The second kappa shape index (κ2) is 9.73. The van der Waals surface area contributed by atoms with E-state index in [0.29, 0.717) is 17.7 Å². The standard InChI is InChI=1S/C26H35N3O2/c1-18(2)26(31)28-22-7-3-5-20(15-22)19-10-13-29(14-11-19)12-4-6-21-17-27-25-9-8-23(30)16-24(21)25/h3,5,7-8,15-19,25,27,30H,4,6,9-14H2,1-2H3,(H,28,31). The number of carbonyl (C=O) groups is 1. The van der Waals surface area contributed by atoms with Crippen LogP contribution in [-0.4, -0.2) is 41.6 Å². The first-order valence-corrected chi connectivity index (χ1v) is 11.7. The Balaban J connectivity index is 1.23. The summed E-state index contributed by atoms with van der Waals surface area (Å²) in [6.45, 7) is 7.20. The minimum atomic E-state index is -0.00915. The summed E-state index contributed by atoms with van der Waals surface area (Å²) in [5.41, 5.74) is 4.86. The zero-order chi connectivity index (χ0) is 21.8. The second-order valence-corrected chi connectivity index (χ2v) is 9.34. The van der Waals surface area contributed by atoms with Gasteiger partial charge in [0.2, 0.25) is 5.91 Å². The lowest BCUT2D eigenvalue weighted by Gasteiger charge is -2.32. The van der Waals surface area contributed by atoms with Crippen molar-refractivity contribution in [1.29, 1.82) is 0 Å². The van der Waals surface area contributed by atoms with Crippen molar-refractivity contribution >= 4 is 11.6 Å². The van der Waals surface area contributed by atoms with Crippen LogP contribution in [0.5, 0.6) is 0 Å². The maximum absolute atomic E-state index is 12.0. The third-order valence-corrected chi connectivity index (χ3v) is 6.73.